The summed E-state index contributed by atoms with van der Waals surface area (Å²) < 4.78 is 28.7. The lowest BCUT2D eigenvalue weighted by atomic mass is 10.1. The van der Waals surface area contributed by atoms with Crippen molar-refractivity contribution in [1.29, 1.82) is 0 Å². The zero-order valence-corrected chi connectivity index (χ0v) is 9.59. The molecule has 0 bridgehead atoms. The molecule has 1 rings (SSSR count). The van der Waals surface area contributed by atoms with E-state index in [1.54, 1.807) is 13.0 Å². The number of hydrogen-bond acceptors (Lipinski definition) is 4. The molecule has 0 aromatic heterocycles. The summed E-state index contributed by atoms with van der Waals surface area (Å²) in [6.07, 6.45) is -2.46. The maximum absolute atomic E-state index is 12.0. The van der Waals surface area contributed by atoms with Crippen LogP contribution in [0.25, 0.3) is 0 Å². The maximum Gasteiger partial charge on any atom is 0.340 e. The van der Waals surface area contributed by atoms with Crippen LogP contribution in [-0.4, -0.2) is 26.0 Å². The van der Waals surface area contributed by atoms with Crippen LogP contribution in [0.2, 0.25) is 0 Å². The molecular weight excluding hydrogens is 230 g/mol. The number of nitrogens with one attached hydrogen (secondary N) is 1. The first-order valence-electron chi connectivity index (χ1n) is 4.96. The van der Waals surface area contributed by atoms with E-state index in [1.807, 2.05) is 0 Å². The number of hydrogen-bond donors (Lipinski definition) is 2. The first-order chi connectivity index (χ1) is 7.95. The van der Waals surface area contributed by atoms with Crippen LogP contribution in [0, 0.1) is 6.92 Å². The predicted octanol–water partition coefficient (Wildman–Crippen LogP) is 2.04. The van der Waals surface area contributed by atoms with Crippen LogP contribution < -0.4 is 11.1 Å². The molecule has 0 spiro atoms. The number of halogens is 2. The van der Waals surface area contributed by atoms with Gasteiger partial charge in [0.1, 0.15) is 0 Å². The fourth-order valence-corrected chi connectivity index (χ4v) is 1.37. The summed E-state index contributed by atoms with van der Waals surface area (Å²) in [5, 5.41) is 2.52. The van der Waals surface area contributed by atoms with Gasteiger partial charge in [0, 0.05) is 11.4 Å². The molecule has 0 aliphatic carbocycles. The van der Waals surface area contributed by atoms with E-state index >= 15 is 0 Å². The van der Waals surface area contributed by atoms with Crippen LogP contribution in [-0.2, 0) is 4.74 Å². The highest BCUT2D eigenvalue weighted by molar-refractivity contribution is 5.97. The van der Waals surface area contributed by atoms with Gasteiger partial charge >= 0.3 is 5.97 Å². The van der Waals surface area contributed by atoms with Crippen LogP contribution in [0.3, 0.4) is 0 Å². The molecule has 17 heavy (non-hydrogen) atoms. The molecule has 0 atom stereocenters. The van der Waals surface area contributed by atoms with Crippen molar-refractivity contribution >= 4 is 17.3 Å². The zero-order valence-electron chi connectivity index (χ0n) is 9.59. The van der Waals surface area contributed by atoms with E-state index in [4.69, 9.17) is 5.73 Å². The van der Waals surface area contributed by atoms with Gasteiger partial charge in [-0.25, -0.2) is 13.6 Å². The van der Waals surface area contributed by atoms with E-state index in [1.165, 1.54) is 13.2 Å². The molecular formula is C11H14F2N2O2. The van der Waals surface area contributed by atoms with E-state index in [2.05, 4.69) is 10.1 Å². The fourth-order valence-electron chi connectivity index (χ4n) is 1.37. The maximum atomic E-state index is 12.0. The van der Waals surface area contributed by atoms with Gasteiger partial charge in [0.25, 0.3) is 6.43 Å². The molecule has 6 heteroatoms. The molecule has 0 radical (unpaired) electrons. The van der Waals surface area contributed by atoms with Crippen molar-refractivity contribution in [3.8, 4) is 0 Å². The normalized spacial score (nSPS) is 10.4. The average molecular weight is 244 g/mol. The number of anilines is 2. The highest BCUT2D eigenvalue weighted by Gasteiger charge is 2.13. The van der Waals surface area contributed by atoms with Crippen LogP contribution >= 0.6 is 0 Å². The molecule has 0 amide bonds. The Labute approximate surface area is 97.8 Å². The SMILES string of the molecule is COC(=O)c1cc(NCC(F)F)cc(C)c1N. The van der Waals surface area contributed by atoms with Gasteiger partial charge in [-0.05, 0) is 24.6 Å². The Morgan fingerprint density at radius 1 is 1.53 bits per heavy atom. The Morgan fingerprint density at radius 3 is 2.71 bits per heavy atom. The monoisotopic (exact) mass is 244 g/mol. The number of aryl methyl sites for hydroxylation is 1. The smallest absolute Gasteiger partial charge is 0.340 e. The zero-order chi connectivity index (χ0) is 13.0. The molecule has 0 aliphatic heterocycles. The van der Waals surface area contributed by atoms with Crippen LogP contribution in [0.4, 0.5) is 20.2 Å². The number of methoxy groups -OCH3 is 1. The van der Waals surface area contributed by atoms with E-state index in [0.717, 1.165) is 0 Å². The van der Waals surface area contributed by atoms with Gasteiger partial charge in [-0.1, -0.05) is 0 Å². The van der Waals surface area contributed by atoms with E-state index in [-0.39, 0.29) is 5.56 Å². The van der Waals surface area contributed by atoms with Gasteiger partial charge in [0.2, 0.25) is 0 Å². The molecule has 4 nitrogen and oxygen atoms in total. The Balaban J connectivity index is 3.01. The highest BCUT2D eigenvalue weighted by Crippen LogP contribution is 2.23. The second-order valence-electron chi connectivity index (χ2n) is 3.52. The van der Waals surface area contributed by atoms with Crippen LogP contribution in [0.1, 0.15) is 15.9 Å². The van der Waals surface area contributed by atoms with Gasteiger partial charge in [-0.3, -0.25) is 0 Å². The standard InChI is InChI=1S/C11H14F2N2O2/c1-6-3-7(15-5-9(12)13)4-8(10(6)14)11(16)17-2/h3-4,9,15H,5,14H2,1-2H3. The Kier molecular flexibility index (Phi) is 4.25. The summed E-state index contributed by atoms with van der Waals surface area (Å²) >= 11 is 0. The number of carbonyl (C=O) groups excluding carboxylic acids is 1. The second kappa shape index (κ2) is 5.47. The van der Waals surface area contributed by atoms with Gasteiger partial charge in [0.15, 0.2) is 0 Å². The number of esters is 1. The molecule has 0 heterocycles. The van der Waals surface area contributed by atoms with Crippen molar-refractivity contribution in [1.82, 2.24) is 0 Å². The van der Waals surface area contributed by atoms with Crippen molar-refractivity contribution in [2.24, 2.45) is 0 Å². The number of ether oxygens (including phenoxy) is 1. The first kappa shape index (κ1) is 13.2. The molecule has 3 N–H and O–H groups in total. The molecule has 1 aromatic rings. The van der Waals surface area contributed by atoms with Crippen molar-refractivity contribution < 1.29 is 18.3 Å². The largest absolute Gasteiger partial charge is 0.465 e. The van der Waals surface area contributed by atoms with Crippen molar-refractivity contribution in [3.63, 3.8) is 0 Å². The van der Waals surface area contributed by atoms with Crippen molar-refractivity contribution in [2.45, 2.75) is 13.3 Å². The summed E-state index contributed by atoms with van der Waals surface area (Å²) in [4.78, 5) is 11.4. The topological polar surface area (TPSA) is 64.3 Å². The Hall–Kier alpha value is -1.85. The van der Waals surface area contributed by atoms with Crippen molar-refractivity contribution in [3.05, 3.63) is 23.3 Å². The van der Waals surface area contributed by atoms with Crippen LogP contribution in [0.15, 0.2) is 12.1 Å². The van der Waals surface area contributed by atoms with E-state index in [0.29, 0.717) is 16.9 Å². The summed E-state index contributed by atoms with van der Waals surface area (Å²) in [6.45, 7) is 1.21. The third-order valence-electron chi connectivity index (χ3n) is 2.25. The molecule has 94 valence electrons. The summed E-state index contributed by atoms with van der Waals surface area (Å²) in [7, 11) is 1.23. The second-order valence-corrected chi connectivity index (χ2v) is 3.52. The molecule has 0 saturated heterocycles. The number of benzene rings is 1. The number of rotatable bonds is 4. The van der Waals surface area contributed by atoms with Gasteiger partial charge in [0.05, 0.1) is 19.2 Å². The Bertz CT molecular complexity index is 422. The van der Waals surface area contributed by atoms with Gasteiger partial charge in [-0.2, -0.15) is 0 Å². The minimum absolute atomic E-state index is 0.171. The molecule has 0 fully saturated rings. The lowest BCUT2D eigenvalue weighted by Gasteiger charge is -2.11. The lowest BCUT2D eigenvalue weighted by Crippen LogP contribution is -2.13. The van der Waals surface area contributed by atoms with Gasteiger partial charge < -0.3 is 15.8 Å². The number of nitrogen functional groups attached to an aromatic ring is 1. The molecule has 0 aliphatic rings. The number of nitrogens with two attached hydrogens (primary N) is 1. The number of carbonyl (C=O) groups is 1. The quantitative estimate of drug-likeness (QED) is 0.628. The summed E-state index contributed by atoms with van der Waals surface area (Å²) in [6, 6.07) is 3.00. The predicted molar refractivity (Wildman–Crippen MR) is 61.4 cm³/mol. The van der Waals surface area contributed by atoms with E-state index < -0.39 is 18.9 Å². The Morgan fingerprint density at radius 2 is 2.18 bits per heavy atom. The van der Waals surface area contributed by atoms with Crippen molar-refractivity contribution in [2.75, 3.05) is 24.7 Å². The first-order valence-corrected chi connectivity index (χ1v) is 4.96. The minimum Gasteiger partial charge on any atom is -0.465 e. The highest BCUT2D eigenvalue weighted by atomic mass is 19.3. The molecule has 0 unspecified atom stereocenters. The third-order valence-corrected chi connectivity index (χ3v) is 2.25. The third kappa shape index (κ3) is 3.30. The minimum atomic E-state index is -2.46. The van der Waals surface area contributed by atoms with Crippen LogP contribution in [0.5, 0.6) is 0 Å². The number of alkyl halides is 2. The van der Waals surface area contributed by atoms with Gasteiger partial charge in [-0.15, -0.1) is 0 Å². The fraction of sp³-hybridized carbons (Fsp3) is 0.364. The summed E-state index contributed by atoms with van der Waals surface area (Å²) in [5.74, 6) is -0.591. The van der Waals surface area contributed by atoms with E-state index in [9.17, 15) is 13.6 Å². The molecule has 1 aromatic carbocycles. The summed E-state index contributed by atoms with van der Waals surface area (Å²) in [5.41, 5.74) is 7.21. The average Bonchev–Trinajstić information content (AvgIpc) is 2.29. The lowest BCUT2D eigenvalue weighted by molar-refractivity contribution is 0.0602. The molecule has 0 saturated carbocycles.